The van der Waals surface area contributed by atoms with Crippen LogP contribution in [0.1, 0.15) is 37.8 Å². The minimum Gasteiger partial charge on any atom is -0.383 e. The number of aldehydes is 1. The number of fused-ring (bicyclic) bond motifs is 2. The van der Waals surface area contributed by atoms with Crippen LogP contribution in [0.4, 0.5) is 5.82 Å². The van der Waals surface area contributed by atoms with E-state index in [4.69, 9.17) is 5.73 Å². The molecule has 0 fully saturated rings. The number of H-pyrrole nitrogens is 1. The summed E-state index contributed by atoms with van der Waals surface area (Å²) in [5, 5.41) is 4.74. The molecule has 0 aliphatic heterocycles. The molecule has 0 aliphatic rings. The Balaban J connectivity index is 1.51. The smallest absolute Gasteiger partial charge is 0.268 e. The average Bonchev–Trinajstić information content (AvgIpc) is 3.61. The Morgan fingerprint density at radius 2 is 1.77 bits per heavy atom. The molecule has 3 aromatic carbocycles. The fraction of sp³-hybridized carbons (Fsp3) is 0.0714. The molecule has 0 radical (unpaired) electrons. The van der Waals surface area contributed by atoms with Gasteiger partial charge in [-0.3, -0.25) is 9.59 Å². The quantitative estimate of drug-likeness (QED) is 0.239. The summed E-state index contributed by atoms with van der Waals surface area (Å²) >= 11 is 0. The number of ketones is 1. The van der Waals surface area contributed by atoms with Gasteiger partial charge in [0.2, 0.25) is 5.78 Å². The molecule has 6 aromatic rings. The molecule has 10 nitrogen and oxygen atoms in total. The molecule has 3 N–H and O–H groups in total. The van der Waals surface area contributed by atoms with Crippen LogP contribution in [0.15, 0.2) is 77.8 Å². The number of benzene rings is 3. The van der Waals surface area contributed by atoms with Crippen LogP contribution in [0.5, 0.6) is 0 Å². The van der Waals surface area contributed by atoms with Gasteiger partial charge in [0, 0.05) is 10.9 Å². The standard InChI is InChI=1S/C28H22N6O4S/c1-16-3-7-21(8-4-16)39(37,38)34-25-10-5-18(15-35)11-19(25)12-26(34)27(36)22-14-30-33(28(22)29)20-6-9-23-24(13-20)32-17(2)31-23/h3-15H,29H2,1-2H3,(H,31,32). The number of carbonyl (C=O) groups excluding carboxylic acids is 2. The molecule has 0 amide bonds. The van der Waals surface area contributed by atoms with Crippen LogP contribution in [0.2, 0.25) is 0 Å². The number of nitrogens with zero attached hydrogens (tertiary/aromatic N) is 4. The number of anilines is 1. The van der Waals surface area contributed by atoms with Crippen molar-refractivity contribution in [3.8, 4) is 5.69 Å². The van der Waals surface area contributed by atoms with Gasteiger partial charge in [0.25, 0.3) is 10.0 Å². The Kier molecular flexibility index (Phi) is 5.47. The van der Waals surface area contributed by atoms with Crippen LogP contribution >= 0.6 is 0 Å². The first-order valence-corrected chi connectivity index (χ1v) is 13.4. The number of nitrogens with one attached hydrogen (secondary N) is 1. The van der Waals surface area contributed by atoms with Crippen molar-refractivity contribution >= 4 is 49.8 Å². The van der Waals surface area contributed by atoms with Gasteiger partial charge in [-0.2, -0.15) is 5.10 Å². The lowest BCUT2D eigenvalue weighted by atomic mass is 10.1. The summed E-state index contributed by atoms with van der Waals surface area (Å²) in [7, 11) is -4.19. The van der Waals surface area contributed by atoms with E-state index in [1.807, 2.05) is 19.9 Å². The number of nitrogen functional groups attached to an aromatic ring is 1. The van der Waals surface area contributed by atoms with E-state index in [2.05, 4.69) is 15.1 Å². The van der Waals surface area contributed by atoms with Crippen LogP contribution in [0.25, 0.3) is 27.6 Å². The number of rotatable bonds is 6. The second-order valence-electron chi connectivity index (χ2n) is 9.26. The van der Waals surface area contributed by atoms with Gasteiger partial charge in [-0.25, -0.2) is 22.1 Å². The Morgan fingerprint density at radius 3 is 2.51 bits per heavy atom. The van der Waals surface area contributed by atoms with E-state index in [1.165, 1.54) is 47.3 Å². The summed E-state index contributed by atoms with van der Waals surface area (Å²) in [4.78, 5) is 32.9. The number of aromatic amines is 1. The fourth-order valence-electron chi connectivity index (χ4n) is 4.65. The Labute approximate surface area is 222 Å². The molecular weight excluding hydrogens is 516 g/mol. The lowest BCUT2D eigenvalue weighted by Gasteiger charge is -2.12. The van der Waals surface area contributed by atoms with E-state index in [-0.39, 0.29) is 27.5 Å². The monoisotopic (exact) mass is 538 g/mol. The van der Waals surface area contributed by atoms with E-state index in [9.17, 15) is 18.0 Å². The molecule has 0 atom stereocenters. The maximum absolute atomic E-state index is 13.9. The Bertz CT molecular complexity index is 2050. The van der Waals surface area contributed by atoms with Crippen LogP contribution in [-0.2, 0) is 10.0 Å². The van der Waals surface area contributed by atoms with E-state index < -0.39 is 15.8 Å². The summed E-state index contributed by atoms with van der Waals surface area (Å²) in [5.74, 6) is 0.173. The first kappa shape index (κ1) is 24.3. The maximum atomic E-state index is 13.9. The Morgan fingerprint density at radius 1 is 1.00 bits per heavy atom. The van der Waals surface area contributed by atoms with E-state index in [0.29, 0.717) is 28.4 Å². The second kappa shape index (κ2) is 8.77. The van der Waals surface area contributed by atoms with Gasteiger partial charge in [0.15, 0.2) is 0 Å². The van der Waals surface area contributed by atoms with Crippen molar-refractivity contribution in [1.82, 2.24) is 23.7 Å². The van der Waals surface area contributed by atoms with Crippen molar-refractivity contribution in [2.75, 3.05) is 5.73 Å². The van der Waals surface area contributed by atoms with Gasteiger partial charge in [0.05, 0.1) is 38.9 Å². The summed E-state index contributed by atoms with van der Waals surface area (Å²) in [6, 6.07) is 17.8. The molecule has 3 heterocycles. The zero-order valence-corrected chi connectivity index (χ0v) is 21.7. The summed E-state index contributed by atoms with van der Waals surface area (Å²) in [6.07, 6.45) is 1.97. The second-order valence-corrected chi connectivity index (χ2v) is 11.0. The maximum Gasteiger partial charge on any atom is 0.268 e. The molecule has 0 saturated carbocycles. The van der Waals surface area contributed by atoms with Gasteiger partial charge in [0.1, 0.15) is 23.6 Å². The van der Waals surface area contributed by atoms with E-state index in [0.717, 1.165) is 20.9 Å². The highest BCUT2D eigenvalue weighted by atomic mass is 32.2. The molecule has 6 rings (SSSR count). The molecular formula is C28H22N6O4S. The topological polar surface area (TPSA) is 146 Å². The lowest BCUT2D eigenvalue weighted by Crippen LogP contribution is -2.19. The van der Waals surface area contributed by atoms with E-state index >= 15 is 0 Å². The molecule has 3 aromatic heterocycles. The molecule has 0 aliphatic carbocycles. The molecule has 0 spiro atoms. The predicted molar refractivity (Wildman–Crippen MR) is 147 cm³/mol. The first-order valence-electron chi connectivity index (χ1n) is 12.0. The van der Waals surface area contributed by atoms with Crippen molar-refractivity contribution in [1.29, 1.82) is 0 Å². The third-order valence-electron chi connectivity index (χ3n) is 6.59. The highest BCUT2D eigenvalue weighted by Crippen LogP contribution is 2.30. The summed E-state index contributed by atoms with van der Waals surface area (Å²) in [6.45, 7) is 3.70. The molecule has 0 unspecified atom stereocenters. The van der Waals surface area contributed by atoms with Gasteiger partial charge >= 0.3 is 0 Å². The number of imidazole rings is 1. The number of hydrogen-bond donors (Lipinski definition) is 2. The van der Waals surface area contributed by atoms with Gasteiger partial charge in [-0.1, -0.05) is 17.7 Å². The lowest BCUT2D eigenvalue weighted by molar-refractivity contribution is 0.103. The fourth-order valence-corrected chi connectivity index (χ4v) is 6.16. The van der Waals surface area contributed by atoms with Crippen molar-refractivity contribution in [3.63, 3.8) is 0 Å². The van der Waals surface area contributed by atoms with Crippen LogP contribution in [-0.4, -0.2) is 44.2 Å². The minimum atomic E-state index is -4.19. The number of hydrogen-bond acceptors (Lipinski definition) is 7. The predicted octanol–water partition coefficient (Wildman–Crippen LogP) is 4.18. The normalized spacial score (nSPS) is 11.8. The molecule has 39 heavy (non-hydrogen) atoms. The number of carbonyl (C=O) groups is 2. The summed E-state index contributed by atoms with van der Waals surface area (Å²) in [5.41, 5.74) is 9.95. The highest BCUT2D eigenvalue weighted by Gasteiger charge is 2.29. The van der Waals surface area contributed by atoms with Crippen molar-refractivity contribution in [3.05, 3.63) is 101 Å². The number of aryl methyl sites for hydroxylation is 2. The SMILES string of the molecule is Cc1ccc(S(=O)(=O)n2c(C(=O)c3cnn(-c4ccc5[nH]c(C)nc5c4)c3N)cc3cc(C=O)ccc32)cc1. The van der Waals surface area contributed by atoms with Crippen LogP contribution < -0.4 is 5.73 Å². The number of aromatic nitrogens is 5. The van der Waals surface area contributed by atoms with Crippen LogP contribution in [0.3, 0.4) is 0 Å². The molecule has 0 bridgehead atoms. The zero-order chi connectivity index (χ0) is 27.5. The Hall–Kier alpha value is -5.03. The van der Waals surface area contributed by atoms with Crippen molar-refractivity contribution in [2.45, 2.75) is 18.7 Å². The minimum absolute atomic E-state index is 0.0189. The highest BCUT2D eigenvalue weighted by molar-refractivity contribution is 7.90. The zero-order valence-electron chi connectivity index (χ0n) is 20.9. The third-order valence-corrected chi connectivity index (χ3v) is 8.33. The van der Waals surface area contributed by atoms with Gasteiger partial charge < -0.3 is 10.7 Å². The van der Waals surface area contributed by atoms with Crippen molar-refractivity contribution in [2.24, 2.45) is 0 Å². The summed E-state index contributed by atoms with van der Waals surface area (Å²) < 4.78 is 30.1. The molecule has 0 saturated heterocycles. The molecule has 11 heteroatoms. The molecule has 194 valence electrons. The van der Waals surface area contributed by atoms with Crippen molar-refractivity contribution < 1.29 is 18.0 Å². The van der Waals surface area contributed by atoms with Gasteiger partial charge in [-0.05, 0) is 68.4 Å². The van der Waals surface area contributed by atoms with E-state index in [1.54, 1.807) is 24.3 Å². The third kappa shape index (κ3) is 3.91. The average molecular weight is 539 g/mol. The largest absolute Gasteiger partial charge is 0.383 e. The van der Waals surface area contributed by atoms with Crippen LogP contribution in [0, 0.1) is 13.8 Å². The number of nitrogens with two attached hydrogens (primary N) is 1. The van der Waals surface area contributed by atoms with Gasteiger partial charge in [-0.15, -0.1) is 0 Å². The first-order chi connectivity index (χ1) is 18.7.